The Morgan fingerprint density at radius 3 is 2.49 bits per heavy atom. The molecular formula is C25H30O10. The van der Waals surface area contributed by atoms with Crippen LogP contribution in [0.25, 0.3) is 6.08 Å². The summed E-state index contributed by atoms with van der Waals surface area (Å²) in [5, 5.41) is 49.7. The molecule has 35 heavy (non-hydrogen) atoms. The highest BCUT2D eigenvalue weighted by molar-refractivity contribution is 5.87. The van der Waals surface area contributed by atoms with Gasteiger partial charge in [-0.3, -0.25) is 0 Å². The van der Waals surface area contributed by atoms with E-state index in [1.165, 1.54) is 31.4 Å². The van der Waals surface area contributed by atoms with Crippen molar-refractivity contribution >= 4 is 12.0 Å². The van der Waals surface area contributed by atoms with Crippen LogP contribution in [-0.4, -0.2) is 82.5 Å². The van der Waals surface area contributed by atoms with E-state index in [-0.39, 0.29) is 30.5 Å². The lowest BCUT2D eigenvalue weighted by Gasteiger charge is -2.41. The van der Waals surface area contributed by atoms with Crippen molar-refractivity contribution in [3.8, 4) is 17.2 Å². The maximum Gasteiger partial charge on any atom is 0.330 e. The van der Waals surface area contributed by atoms with Gasteiger partial charge >= 0.3 is 5.97 Å². The quantitative estimate of drug-likeness (QED) is 0.198. The van der Waals surface area contributed by atoms with Gasteiger partial charge in [-0.05, 0) is 54.3 Å². The number of carbonyl (C=O) groups is 1. The fourth-order valence-electron chi connectivity index (χ4n) is 3.58. The predicted octanol–water partition coefficient (Wildman–Crippen LogP) is 1.39. The van der Waals surface area contributed by atoms with Crippen molar-refractivity contribution in [1.29, 1.82) is 0 Å². The van der Waals surface area contributed by atoms with Crippen LogP contribution < -0.4 is 0 Å². The predicted molar refractivity (Wildman–Crippen MR) is 124 cm³/mol. The second kappa shape index (κ2) is 12.0. The molecule has 0 radical (unpaired) electrons. The van der Waals surface area contributed by atoms with Gasteiger partial charge < -0.3 is 44.5 Å². The molecule has 0 amide bonds. The number of hydrogen-bond acceptors (Lipinski definition) is 10. The smallest absolute Gasteiger partial charge is 0.330 e. The number of phenolic OH excluding ortho intramolecular Hbond substituents is 3. The third-order valence-corrected chi connectivity index (χ3v) is 5.66. The Hall–Kier alpha value is -3.15. The summed E-state index contributed by atoms with van der Waals surface area (Å²) in [7, 11) is 1.33. The van der Waals surface area contributed by atoms with Gasteiger partial charge in [0.1, 0.15) is 36.8 Å². The molecule has 0 aliphatic carbocycles. The highest BCUT2D eigenvalue weighted by Crippen LogP contribution is 2.26. The standard InChI is InChI=1S/C25H30O10/c1-14-3-4-16(11-18(14)27)9-10-33-25-23(31)24(32-2)22(30)20(35-25)13-34-21(29)8-6-15-5-7-17(26)19(28)12-15/h3-8,11-12,20,22-28,30-31H,9-10,13H2,1-2H3/b8-6+/t20-,22+,23-,24-,25+/m0/s1. The largest absolute Gasteiger partial charge is 0.508 e. The Kier molecular flexibility index (Phi) is 9.07. The first-order chi connectivity index (χ1) is 16.7. The van der Waals surface area contributed by atoms with E-state index < -0.39 is 36.7 Å². The number of methoxy groups -OCH3 is 1. The Morgan fingerprint density at radius 2 is 1.80 bits per heavy atom. The molecular weight excluding hydrogens is 460 g/mol. The average Bonchev–Trinajstić information content (AvgIpc) is 2.83. The van der Waals surface area contributed by atoms with Crippen molar-refractivity contribution in [3.05, 3.63) is 59.2 Å². The van der Waals surface area contributed by atoms with E-state index >= 15 is 0 Å². The molecule has 0 aromatic heterocycles. The molecule has 1 saturated heterocycles. The second-order valence-corrected chi connectivity index (χ2v) is 8.18. The minimum absolute atomic E-state index is 0.158. The zero-order valence-corrected chi connectivity index (χ0v) is 19.4. The number of ether oxygens (including phenoxy) is 4. The van der Waals surface area contributed by atoms with Gasteiger partial charge in [-0.15, -0.1) is 0 Å². The average molecular weight is 491 g/mol. The zero-order valence-electron chi connectivity index (χ0n) is 19.4. The van der Waals surface area contributed by atoms with Crippen LogP contribution in [-0.2, 0) is 30.2 Å². The summed E-state index contributed by atoms with van der Waals surface area (Å²) >= 11 is 0. The number of aliphatic hydroxyl groups excluding tert-OH is 2. The molecule has 0 bridgehead atoms. The minimum atomic E-state index is -1.28. The molecule has 1 heterocycles. The van der Waals surface area contributed by atoms with Crippen molar-refractivity contribution in [1.82, 2.24) is 0 Å². The molecule has 2 aromatic rings. The van der Waals surface area contributed by atoms with Crippen molar-refractivity contribution in [2.24, 2.45) is 0 Å². The van der Waals surface area contributed by atoms with Crippen LogP contribution in [0.1, 0.15) is 16.7 Å². The minimum Gasteiger partial charge on any atom is -0.508 e. The molecule has 0 saturated carbocycles. The van der Waals surface area contributed by atoms with Gasteiger partial charge in [-0.2, -0.15) is 0 Å². The summed E-state index contributed by atoms with van der Waals surface area (Å²) in [6.07, 6.45) is -2.81. The lowest BCUT2D eigenvalue weighted by Crippen LogP contribution is -2.60. The number of esters is 1. The van der Waals surface area contributed by atoms with Crippen molar-refractivity contribution < 1.29 is 49.3 Å². The number of carbonyl (C=O) groups excluding carboxylic acids is 1. The number of phenols is 3. The van der Waals surface area contributed by atoms with Crippen LogP contribution in [0.2, 0.25) is 0 Å². The van der Waals surface area contributed by atoms with Crippen LogP contribution in [0.4, 0.5) is 0 Å². The number of rotatable bonds is 9. The van der Waals surface area contributed by atoms with Crippen molar-refractivity contribution in [2.45, 2.75) is 44.1 Å². The topological polar surface area (TPSA) is 155 Å². The van der Waals surface area contributed by atoms with Crippen LogP contribution in [0.15, 0.2) is 42.5 Å². The van der Waals surface area contributed by atoms with Crippen molar-refractivity contribution in [3.63, 3.8) is 0 Å². The number of hydrogen-bond donors (Lipinski definition) is 5. The number of aromatic hydroxyl groups is 3. The monoisotopic (exact) mass is 490 g/mol. The van der Waals surface area contributed by atoms with Crippen LogP contribution in [0.5, 0.6) is 17.2 Å². The zero-order chi connectivity index (χ0) is 25.5. The molecule has 0 unspecified atom stereocenters. The fourth-order valence-corrected chi connectivity index (χ4v) is 3.58. The summed E-state index contributed by atoms with van der Waals surface area (Å²) in [6.45, 7) is 1.62. The SMILES string of the molecule is CO[C@@H]1[C@H](O)[C@H](OCCc2ccc(C)c(O)c2)O[C@@H](COC(=O)/C=C/c2ccc(O)c(O)c2)[C@H]1O. The first kappa shape index (κ1) is 26.5. The Balaban J connectivity index is 1.55. The fraction of sp³-hybridized carbons (Fsp3) is 0.400. The molecule has 5 N–H and O–H groups in total. The van der Waals surface area contributed by atoms with Gasteiger partial charge in [0, 0.05) is 13.2 Å². The van der Waals surface area contributed by atoms with E-state index in [4.69, 9.17) is 18.9 Å². The number of aliphatic hydroxyl groups is 2. The van der Waals surface area contributed by atoms with Gasteiger partial charge in [0.2, 0.25) is 0 Å². The summed E-state index contributed by atoms with van der Waals surface area (Å²) in [5.74, 6) is -1.16. The second-order valence-electron chi connectivity index (χ2n) is 8.18. The molecule has 3 rings (SSSR count). The molecule has 10 heteroatoms. The van der Waals surface area contributed by atoms with Crippen molar-refractivity contribution in [2.75, 3.05) is 20.3 Å². The van der Waals surface area contributed by atoms with Gasteiger partial charge in [0.05, 0.1) is 6.61 Å². The highest BCUT2D eigenvalue weighted by atomic mass is 16.7. The summed E-state index contributed by atoms with van der Waals surface area (Å²) in [4.78, 5) is 12.1. The number of benzene rings is 2. The van der Waals surface area contributed by atoms with Gasteiger partial charge in [0.25, 0.3) is 0 Å². The Bertz CT molecular complexity index is 1040. The molecule has 1 fully saturated rings. The van der Waals surface area contributed by atoms with E-state index in [1.807, 2.05) is 6.07 Å². The highest BCUT2D eigenvalue weighted by Gasteiger charge is 2.45. The molecule has 5 atom stereocenters. The van der Waals surface area contributed by atoms with Gasteiger partial charge in [-0.25, -0.2) is 4.79 Å². The van der Waals surface area contributed by atoms with Gasteiger partial charge in [-0.1, -0.05) is 18.2 Å². The van der Waals surface area contributed by atoms with Crippen LogP contribution in [0, 0.1) is 6.92 Å². The first-order valence-corrected chi connectivity index (χ1v) is 11.0. The van der Waals surface area contributed by atoms with Crippen LogP contribution in [0.3, 0.4) is 0 Å². The molecule has 2 aromatic carbocycles. The third kappa shape index (κ3) is 6.93. The first-order valence-electron chi connectivity index (χ1n) is 11.0. The molecule has 10 nitrogen and oxygen atoms in total. The number of aryl methyl sites for hydroxylation is 1. The van der Waals surface area contributed by atoms with Crippen LogP contribution >= 0.6 is 0 Å². The van der Waals surface area contributed by atoms with E-state index in [0.717, 1.165) is 17.2 Å². The van der Waals surface area contributed by atoms with E-state index in [0.29, 0.717) is 12.0 Å². The molecule has 0 spiro atoms. The maximum atomic E-state index is 12.1. The van der Waals surface area contributed by atoms with E-state index in [1.54, 1.807) is 19.1 Å². The summed E-state index contributed by atoms with van der Waals surface area (Å²) in [6, 6.07) is 9.33. The van der Waals surface area contributed by atoms with Gasteiger partial charge in [0.15, 0.2) is 17.8 Å². The Morgan fingerprint density at radius 1 is 1.03 bits per heavy atom. The third-order valence-electron chi connectivity index (χ3n) is 5.66. The summed E-state index contributed by atoms with van der Waals surface area (Å²) < 4.78 is 21.7. The lowest BCUT2D eigenvalue weighted by molar-refractivity contribution is -0.304. The molecule has 1 aliphatic heterocycles. The molecule has 1 aliphatic rings. The van der Waals surface area contributed by atoms with E-state index in [9.17, 15) is 30.3 Å². The maximum absolute atomic E-state index is 12.1. The Labute approximate surface area is 202 Å². The normalized spacial score (nSPS) is 24.5. The summed E-state index contributed by atoms with van der Waals surface area (Å²) in [5.41, 5.74) is 2.05. The van der Waals surface area contributed by atoms with E-state index in [2.05, 4.69) is 0 Å². The lowest BCUT2D eigenvalue weighted by atomic mass is 9.99. The molecule has 190 valence electrons.